The zero-order valence-corrected chi connectivity index (χ0v) is 2.99. The molecule has 0 N–H and O–H groups in total. The van der Waals surface area contributed by atoms with Crippen molar-refractivity contribution >= 4 is 12.4 Å². The Morgan fingerprint density at radius 3 is 1.71 bits per heavy atom. The monoisotopic (exact) mass is 111 g/mol. The van der Waals surface area contributed by atoms with Crippen molar-refractivity contribution in [3.63, 3.8) is 0 Å². The molecule has 0 aliphatic heterocycles. The maximum atomic E-state index is 10.6. The third kappa shape index (κ3) is 5.13. The van der Waals surface area contributed by atoms with Crippen LogP contribution >= 0.6 is 0 Å². The summed E-state index contributed by atoms with van der Waals surface area (Å²) in [5, 5.41) is 0. The fourth-order valence-electron chi connectivity index (χ4n) is 0.0664. The molecular weight excluding hydrogens is 111 g/mol. The van der Waals surface area contributed by atoms with E-state index in [1.54, 1.807) is 4.99 Å². The Labute approximate surface area is 36.7 Å². The summed E-state index contributed by atoms with van der Waals surface area (Å²) >= 11 is 0. The van der Waals surface area contributed by atoms with Crippen molar-refractivity contribution in [2.75, 3.05) is 0 Å². The molecule has 7 heavy (non-hydrogen) atoms. The van der Waals surface area contributed by atoms with E-state index in [1.807, 2.05) is 0 Å². The fraction of sp³-hybridized carbons (Fsp3) is 0. The summed E-state index contributed by atoms with van der Waals surface area (Å²) in [7, 11) is 0. The van der Waals surface area contributed by atoms with Crippen LogP contribution in [0.15, 0.2) is 4.99 Å². The number of carbonyl (C=O) groups excluding carboxylic acids is 1. The van der Waals surface area contributed by atoms with Crippen LogP contribution in [0.1, 0.15) is 0 Å². The van der Waals surface area contributed by atoms with E-state index in [0.29, 0.717) is 0 Å². The molecule has 2 nitrogen and oxygen atoms in total. The van der Waals surface area contributed by atoms with Crippen LogP contribution in [-0.2, 0) is 0 Å². The zero-order valence-electron chi connectivity index (χ0n) is 2.99. The van der Waals surface area contributed by atoms with Crippen LogP contribution in [0.25, 0.3) is 0 Å². The molecule has 0 bridgehead atoms. The number of hydrogen-bond donors (Lipinski definition) is 0. The van der Waals surface area contributed by atoms with Crippen LogP contribution in [0.4, 0.5) is 18.0 Å². The Kier molecular flexibility index (Phi) is 2.04. The molecule has 0 radical (unpaired) electrons. The lowest BCUT2D eigenvalue weighted by atomic mass is 11.2. The summed E-state index contributed by atoms with van der Waals surface area (Å²) in [6.45, 7) is 0. The topological polar surface area (TPSA) is 29.4 Å². The number of hydrogen-bond acceptors (Lipinski definition) is 1. The average molecular weight is 111 g/mol. The van der Waals surface area contributed by atoms with Crippen molar-refractivity contribution in [1.29, 1.82) is 0 Å². The molecule has 0 rings (SSSR count). The largest absolute Gasteiger partial charge is 0.428 e. The second-order valence-electron chi connectivity index (χ2n) is 0.605. The van der Waals surface area contributed by atoms with Gasteiger partial charge in [-0.1, -0.05) is 0 Å². The summed E-state index contributed by atoms with van der Waals surface area (Å²) in [5.41, 5.74) is 0. The van der Waals surface area contributed by atoms with Gasteiger partial charge in [0.25, 0.3) is 0 Å². The highest BCUT2D eigenvalue weighted by Crippen LogP contribution is 1.84. The van der Waals surface area contributed by atoms with Crippen molar-refractivity contribution in [2.24, 2.45) is 4.99 Å². The van der Waals surface area contributed by atoms with Crippen LogP contribution < -0.4 is 0 Å². The van der Waals surface area contributed by atoms with E-state index in [-0.39, 0.29) is 0 Å². The van der Waals surface area contributed by atoms with Gasteiger partial charge in [0.1, 0.15) is 0 Å². The van der Waals surface area contributed by atoms with Gasteiger partial charge in [0.2, 0.25) is 0 Å². The van der Waals surface area contributed by atoms with Crippen LogP contribution in [0.3, 0.4) is 0 Å². The Balaban J connectivity index is 3.68. The zero-order chi connectivity index (χ0) is 5.86. The van der Waals surface area contributed by atoms with Crippen molar-refractivity contribution in [3.8, 4) is 0 Å². The predicted molar refractivity (Wildman–Crippen MR) is 16.2 cm³/mol. The Morgan fingerprint density at radius 1 is 1.29 bits per heavy atom. The molecule has 0 aromatic rings. The van der Waals surface area contributed by atoms with Crippen molar-refractivity contribution in [2.45, 2.75) is 0 Å². The molecule has 0 atom stereocenters. The van der Waals surface area contributed by atoms with Gasteiger partial charge in [-0.25, -0.2) is 4.79 Å². The van der Waals surface area contributed by atoms with Gasteiger partial charge in [-0.15, -0.1) is 9.38 Å². The van der Waals surface area contributed by atoms with Gasteiger partial charge in [-0.3, -0.25) is 0 Å². The quantitative estimate of drug-likeness (QED) is 0.263. The Bertz CT molecular complexity index is 106. The van der Waals surface area contributed by atoms with Gasteiger partial charge >= 0.3 is 12.4 Å². The van der Waals surface area contributed by atoms with Crippen LogP contribution in [-0.4, -0.2) is 12.4 Å². The lowest BCUT2D eigenvalue weighted by Crippen LogP contribution is -1.80. The van der Waals surface area contributed by atoms with E-state index in [0.717, 1.165) is 0 Å². The molecule has 0 spiro atoms. The number of rotatable bonds is 0. The molecule has 0 aromatic heterocycles. The summed E-state index contributed by atoms with van der Waals surface area (Å²) in [5.74, 6) is 0. The first kappa shape index (κ1) is 6.13. The lowest BCUT2D eigenvalue weighted by Gasteiger charge is -1.68. The van der Waals surface area contributed by atoms with Crippen molar-refractivity contribution < 1.29 is 18.0 Å². The van der Waals surface area contributed by atoms with Gasteiger partial charge in [0.15, 0.2) is 0 Å². The summed E-state index contributed by atoms with van der Waals surface area (Å²) in [6.07, 6.45) is -4.94. The molecule has 1 amide bonds. The maximum Gasteiger partial charge on any atom is 0.428 e. The number of carbonyl (C=O) groups is 1. The summed E-state index contributed by atoms with van der Waals surface area (Å²) in [6, 6.07) is 0. The van der Waals surface area contributed by atoms with Gasteiger partial charge in [0.05, 0.1) is 0 Å². The third-order valence-electron chi connectivity index (χ3n) is 0.172. The highest BCUT2D eigenvalue weighted by molar-refractivity contribution is 5.81. The first-order valence-electron chi connectivity index (χ1n) is 1.22. The second kappa shape index (κ2) is 2.33. The minimum Gasteiger partial charge on any atom is -0.232 e. The normalized spacial score (nSPS) is 7.86. The Hall–Kier alpha value is -0.870. The van der Waals surface area contributed by atoms with Gasteiger partial charge in [-0.2, -0.15) is 8.78 Å². The van der Waals surface area contributed by atoms with E-state index < -0.39 is 12.4 Å². The van der Waals surface area contributed by atoms with Gasteiger partial charge < -0.3 is 0 Å². The lowest BCUT2D eigenvalue weighted by molar-refractivity contribution is 0.230. The highest BCUT2D eigenvalue weighted by Gasteiger charge is 1.94. The van der Waals surface area contributed by atoms with E-state index in [9.17, 15) is 13.2 Å². The molecule has 0 saturated carbocycles. The number of aliphatic imine (C=N–C) groups is 1. The van der Waals surface area contributed by atoms with Gasteiger partial charge in [0, 0.05) is 0 Å². The molecule has 5 heteroatoms. The summed E-state index contributed by atoms with van der Waals surface area (Å²) < 4.78 is 31.8. The molecule has 0 aliphatic carbocycles. The van der Waals surface area contributed by atoms with E-state index >= 15 is 0 Å². The van der Waals surface area contributed by atoms with Crippen molar-refractivity contribution in [3.05, 3.63) is 0 Å². The molecule has 0 saturated heterocycles. The van der Waals surface area contributed by atoms with Crippen LogP contribution in [0.5, 0.6) is 0 Å². The number of halogens is 3. The molecule has 40 valence electrons. The standard InChI is InChI=1S/C2F3NO/c3-1(4)6-2(5)7. The molecule has 0 aromatic carbocycles. The van der Waals surface area contributed by atoms with Gasteiger partial charge in [-0.05, 0) is 0 Å². The van der Waals surface area contributed by atoms with E-state index in [1.165, 1.54) is 0 Å². The highest BCUT2D eigenvalue weighted by atomic mass is 19.3. The Morgan fingerprint density at radius 2 is 1.71 bits per heavy atom. The number of nitrogens with zero attached hydrogens (tertiary/aromatic N) is 1. The minimum absolute atomic E-state index is 1.56. The first-order chi connectivity index (χ1) is 3.13. The molecule has 0 aliphatic rings. The molecule has 0 heterocycles. The first-order valence-corrected chi connectivity index (χ1v) is 1.22. The second-order valence-corrected chi connectivity index (χ2v) is 0.605. The van der Waals surface area contributed by atoms with Crippen LogP contribution in [0, 0.1) is 0 Å². The molecule has 0 fully saturated rings. The smallest absolute Gasteiger partial charge is 0.232 e. The minimum atomic E-state index is -2.56. The maximum absolute atomic E-state index is 10.6. The molecule has 0 unspecified atom stereocenters. The third-order valence-corrected chi connectivity index (χ3v) is 0.172. The van der Waals surface area contributed by atoms with Crippen molar-refractivity contribution in [1.82, 2.24) is 0 Å². The number of amides is 1. The predicted octanol–water partition coefficient (Wildman–Crippen LogP) is 1.37. The van der Waals surface area contributed by atoms with E-state index in [2.05, 4.69) is 0 Å². The average Bonchev–Trinajstić information content (AvgIpc) is 1.27. The fourth-order valence-corrected chi connectivity index (χ4v) is 0.0664. The van der Waals surface area contributed by atoms with E-state index in [4.69, 9.17) is 4.79 Å². The van der Waals surface area contributed by atoms with Crippen LogP contribution in [0.2, 0.25) is 0 Å². The summed E-state index contributed by atoms with van der Waals surface area (Å²) in [4.78, 5) is 10.5. The SMILES string of the molecule is O=C(F)N=C(F)F. The molecular formula is C2F3NO.